The quantitative estimate of drug-likeness (QED) is 0.785. The van der Waals surface area contributed by atoms with E-state index in [0.29, 0.717) is 5.13 Å². The lowest BCUT2D eigenvalue weighted by Gasteiger charge is -2.13. The lowest BCUT2D eigenvalue weighted by Crippen LogP contribution is -2.34. The molecule has 0 saturated heterocycles. The summed E-state index contributed by atoms with van der Waals surface area (Å²) in [6, 6.07) is -0.000909. The van der Waals surface area contributed by atoms with E-state index >= 15 is 0 Å². The van der Waals surface area contributed by atoms with Crippen LogP contribution in [0.3, 0.4) is 0 Å². The monoisotopic (exact) mass is 226 g/mol. The van der Waals surface area contributed by atoms with E-state index in [4.69, 9.17) is 5.73 Å². The number of aromatic nitrogens is 2. The Hall–Kier alpha value is -1.01. The summed E-state index contributed by atoms with van der Waals surface area (Å²) in [6.45, 7) is 1.86. The third kappa shape index (κ3) is 2.32. The number of nitrogens with two attached hydrogens (primary N) is 1. The van der Waals surface area contributed by atoms with Crippen LogP contribution in [0.15, 0.2) is 0 Å². The first kappa shape index (κ1) is 10.5. The molecule has 82 valence electrons. The van der Waals surface area contributed by atoms with Gasteiger partial charge in [0, 0.05) is 6.04 Å². The molecule has 1 fully saturated rings. The van der Waals surface area contributed by atoms with Crippen molar-refractivity contribution < 1.29 is 4.79 Å². The second kappa shape index (κ2) is 4.24. The van der Waals surface area contributed by atoms with Gasteiger partial charge >= 0.3 is 0 Å². The maximum atomic E-state index is 11.8. The standard InChI is InChI=1S/C9H14N4OS/c1-5-12-13-9(15-5)11-8(14)6-3-2-4-7(6)10/h6-7H,2-4,10H2,1H3,(H,11,13,14). The number of hydrogen-bond donors (Lipinski definition) is 2. The van der Waals surface area contributed by atoms with Gasteiger partial charge < -0.3 is 11.1 Å². The SMILES string of the molecule is Cc1nnc(NC(=O)C2CCCC2N)s1. The number of hydrogen-bond acceptors (Lipinski definition) is 5. The highest BCUT2D eigenvalue weighted by atomic mass is 32.1. The second-order valence-corrected chi connectivity index (χ2v) is 5.00. The highest BCUT2D eigenvalue weighted by Crippen LogP contribution is 2.25. The molecule has 1 aromatic heterocycles. The van der Waals surface area contributed by atoms with Crippen molar-refractivity contribution in [3.63, 3.8) is 0 Å². The topological polar surface area (TPSA) is 80.9 Å². The van der Waals surface area contributed by atoms with Crippen LogP contribution in [0.4, 0.5) is 5.13 Å². The van der Waals surface area contributed by atoms with Crippen molar-refractivity contribution in [2.45, 2.75) is 32.2 Å². The van der Waals surface area contributed by atoms with Gasteiger partial charge in [-0.3, -0.25) is 4.79 Å². The van der Waals surface area contributed by atoms with Gasteiger partial charge in [0.15, 0.2) is 0 Å². The molecule has 0 bridgehead atoms. The molecule has 0 aromatic carbocycles. The predicted octanol–water partition coefficient (Wildman–Crippen LogP) is 0.912. The van der Waals surface area contributed by atoms with Crippen LogP contribution in [-0.4, -0.2) is 22.1 Å². The molecule has 1 aromatic rings. The molecule has 2 atom stereocenters. The molecule has 2 unspecified atom stereocenters. The Bertz CT molecular complexity index is 365. The maximum absolute atomic E-state index is 11.8. The van der Waals surface area contributed by atoms with Gasteiger partial charge in [0.25, 0.3) is 0 Å². The fourth-order valence-corrected chi connectivity index (χ4v) is 2.45. The van der Waals surface area contributed by atoms with Crippen molar-refractivity contribution in [1.29, 1.82) is 0 Å². The van der Waals surface area contributed by atoms with Gasteiger partial charge in [-0.25, -0.2) is 0 Å². The number of anilines is 1. The third-order valence-electron chi connectivity index (χ3n) is 2.66. The fourth-order valence-electron chi connectivity index (χ4n) is 1.86. The largest absolute Gasteiger partial charge is 0.327 e. The molecule has 1 aliphatic carbocycles. The van der Waals surface area contributed by atoms with Crippen LogP contribution in [-0.2, 0) is 4.79 Å². The van der Waals surface area contributed by atoms with Crippen molar-refractivity contribution in [2.75, 3.05) is 5.32 Å². The van der Waals surface area contributed by atoms with Crippen LogP contribution in [0.5, 0.6) is 0 Å². The molecule has 0 radical (unpaired) electrons. The molecular weight excluding hydrogens is 212 g/mol. The zero-order valence-electron chi connectivity index (χ0n) is 8.56. The molecular formula is C9H14N4OS. The summed E-state index contributed by atoms with van der Waals surface area (Å²) < 4.78 is 0. The third-order valence-corrected chi connectivity index (χ3v) is 3.42. The van der Waals surface area contributed by atoms with E-state index in [1.165, 1.54) is 11.3 Å². The molecule has 2 rings (SSSR count). The van der Waals surface area contributed by atoms with E-state index in [1.54, 1.807) is 0 Å². The predicted molar refractivity (Wildman–Crippen MR) is 58.6 cm³/mol. The first-order valence-corrected chi connectivity index (χ1v) is 5.85. The zero-order chi connectivity index (χ0) is 10.8. The summed E-state index contributed by atoms with van der Waals surface area (Å²) in [5.74, 6) is -0.0784. The number of nitrogens with zero attached hydrogens (tertiary/aromatic N) is 2. The minimum Gasteiger partial charge on any atom is -0.327 e. The Kier molecular flexibility index (Phi) is 2.97. The summed E-state index contributed by atoms with van der Waals surface area (Å²) in [7, 11) is 0. The highest BCUT2D eigenvalue weighted by molar-refractivity contribution is 7.15. The molecule has 0 aliphatic heterocycles. The number of amides is 1. The van der Waals surface area contributed by atoms with Crippen molar-refractivity contribution in [2.24, 2.45) is 11.7 Å². The van der Waals surface area contributed by atoms with E-state index in [2.05, 4.69) is 15.5 Å². The summed E-state index contributed by atoms with van der Waals surface area (Å²) in [5, 5.41) is 11.9. The number of rotatable bonds is 2. The van der Waals surface area contributed by atoms with Crippen molar-refractivity contribution in [3.05, 3.63) is 5.01 Å². The molecule has 5 nitrogen and oxygen atoms in total. The molecule has 0 spiro atoms. The van der Waals surface area contributed by atoms with Crippen LogP contribution < -0.4 is 11.1 Å². The molecule has 1 aliphatic rings. The van der Waals surface area contributed by atoms with E-state index in [9.17, 15) is 4.79 Å². The number of carbonyl (C=O) groups is 1. The van der Waals surface area contributed by atoms with Gasteiger partial charge in [0.05, 0.1) is 5.92 Å². The summed E-state index contributed by atoms with van der Waals surface area (Å²) in [4.78, 5) is 11.8. The molecule has 1 saturated carbocycles. The van der Waals surface area contributed by atoms with Crippen LogP contribution in [0.1, 0.15) is 24.3 Å². The number of nitrogens with one attached hydrogen (secondary N) is 1. The first-order chi connectivity index (χ1) is 7.16. The Morgan fingerprint density at radius 3 is 2.87 bits per heavy atom. The Morgan fingerprint density at radius 2 is 2.33 bits per heavy atom. The van der Waals surface area contributed by atoms with Crippen molar-refractivity contribution >= 4 is 22.4 Å². The molecule has 1 heterocycles. The number of aryl methyl sites for hydroxylation is 1. The maximum Gasteiger partial charge on any atom is 0.230 e. The normalized spacial score (nSPS) is 25.5. The Labute approximate surface area is 92.1 Å². The van der Waals surface area contributed by atoms with Gasteiger partial charge in [-0.05, 0) is 19.8 Å². The van der Waals surface area contributed by atoms with Gasteiger partial charge in [0.1, 0.15) is 5.01 Å². The summed E-state index contributed by atoms with van der Waals surface area (Å²) in [5.41, 5.74) is 5.85. The average Bonchev–Trinajstić information content (AvgIpc) is 2.75. The minimum atomic E-state index is -0.0609. The lowest BCUT2D eigenvalue weighted by molar-refractivity contribution is -0.120. The molecule has 6 heteroatoms. The summed E-state index contributed by atoms with van der Waals surface area (Å²) >= 11 is 1.38. The molecule has 15 heavy (non-hydrogen) atoms. The molecule has 1 amide bonds. The van der Waals surface area contributed by atoms with Gasteiger partial charge in [0.2, 0.25) is 11.0 Å². The van der Waals surface area contributed by atoms with Crippen LogP contribution in [0, 0.1) is 12.8 Å². The Morgan fingerprint density at radius 1 is 1.53 bits per heavy atom. The van der Waals surface area contributed by atoms with Gasteiger partial charge in [-0.15, -0.1) is 10.2 Å². The smallest absolute Gasteiger partial charge is 0.230 e. The highest BCUT2D eigenvalue weighted by Gasteiger charge is 2.30. The summed E-state index contributed by atoms with van der Waals surface area (Å²) in [6.07, 6.45) is 2.85. The van der Waals surface area contributed by atoms with Gasteiger partial charge in [-0.2, -0.15) is 0 Å². The molecule has 3 N–H and O–H groups in total. The number of carbonyl (C=O) groups excluding carboxylic acids is 1. The van der Waals surface area contributed by atoms with Gasteiger partial charge in [-0.1, -0.05) is 17.8 Å². The van der Waals surface area contributed by atoms with Crippen LogP contribution in [0.2, 0.25) is 0 Å². The van der Waals surface area contributed by atoms with Crippen molar-refractivity contribution in [1.82, 2.24) is 10.2 Å². The lowest BCUT2D eigenvalue weighted by atomic mass is 10.0. The second-order valence-electron chi connectivity index (χ2n) is 3.82. The fraction of sp³-hybridized carbons (Fsp3) is 0.667. The first-order valence-electron chi connectivity index (χ1n) is 5.03. The van der Waals surface area contributed by atoms with E-state index in [-0.39, 0.29) is 17.9 Å². The minimum absolute atomic E-state index is 0.000909. The van der Waals surface area contributed by atoms with E-state index in [0.717, 1.165) is 24.3 Å². The van der Waals surface area contributed by atoms with E-state index in [1.807, 2.05) is 6.92 Å². The van der Waals surface area contributed by atoms with Crippen molar-refractivity contribution in [3.8, 4) is 0 Å². The average molecular weight is 226 g/mol. The van der Waals surface area contributed by atoms with Crippen LogP contribution in [0.25, 0.3) is 0 Å². The zero-order valence-corrected chi connectivity index (χ0v) is 9.38. The van der Waals surface area contributed by atoms with E-state index < -0.39 is 0 Å². The van der Waals surface area contributed by atoms with Crippen LogP contribution >= 0.6 is 11.3 Å². The Balaban J connectivity index is 1.97.